The Morgan fingerprint density at radius 3 is 2.69 bits per heavy atom. The monoisotopic (exact) mass is 356 g/mol. The molecule has 0 aliphatic carbocycles. The molecule has 2 atom stereocenters. The highest BCUT2D eigenvalue weighted by molar-refractivity contribution is 5.61. The molecule has 8 heteroatoms. The molecular weight excluding hydrogens is 335 g/mol. The maximum atomic E-state index is 13.1. The highest BCUT2D eigenvalue weighted by Crippen LogP contribution is 2.43. The van der Waals surface area contributed by atoms with Gasteiger partial charge < -0.3 is 14.5 Å². The van der Waals surface area contributed by atoms with Gasteiger partial charge in [-0.25, -0.2) is 15.0 Å². The van der Waals surface area contributed by atoms with Gasteiger partial charge in [-0.3, -0.25) is 5.73 Å². The number of ether oxygens (including phenoxy) is 1. The summed E-state index contributed by atoms with van der Waals surface area (Å²) in [5.41, 5.74) is 7.53. The molecule has 4 fully saturated rings. The fourth-order valence-corrected chi connectivity index (χ4v) is 4.56. The van der Waals surface area contributed by atoms with Crippen LogP contribution in [0.1, 0.15) is 12.8 Å². The van der Waals surface area contributed by atoms with E-state index in [2.05, 4.69) is 19.9 Å². The SMILES string of the molecule is NC1OC2(CN3CCC2CC3)CN1c1cc(-c2ccc(F)nc2)ncn1. The summed E-state index contributed by atoms with van der Waals surface area (Å²) in [5.74, 6) is 0.758. The molecule has 0 saturated carbocycles. The first kappa shape index (κ1) is 16.0. The molecule has 2 aromatic rings. The van der Waals surface area contributed by atoms with Gasteiger partial charge in [0.2, 0.25) is 5.95 Å². The molecule has 0 aromatic carbocycles. The van der Waals surface area contributed by atoms with Crippen LogP contribution in [-0.2, 0) is 4.74 Å². The molecule has 4 aliphatic rings. The van der Waals surface area contributed by atoms with E-state index in [1.54, 1.807) is 6.07 Å². The van der Waals surface area contributed by atoms with E-state index in [0.717, 1.165) is 50.4 Å². The predicted molar refractivity (Wildman–Crippen MR) is 93.5 cm³/mol. The van der Waals surface area contributed by atoms with Crippen molar-refractivity contribution in [3.8, 4) is 11.3 Å². The fourth-order valence-electron chi connectivity index (χ4n) is 4.56. The molecule has 7 nitrogen and oxygen atoms in total. The van der Waals surface area contributed by atoms with Crippen LogP contribution in [-0.4, -0.2) is 58.0 Å². The van der Waals surface area contributed by atoms with Crippen LogP contribution in [0.15, 0.2) is 30.7 Å². The first-order valence-corrected chi connectivity index (χ1v) is 8.99. The van der Waals surface area contributed by atoms with Crippen molar-refractivity contribution in [2.24, 2.45) is 11.7 Å². The lowest BCUT2D eigenvalue weighted by Gasteiger charge is -2.50. The summed E-state index contributed by atoms with van der Waals surface area (Å²) in [6.45, 7) is 3.97. The number of hydrogen-bond donors (Lipinski definition) is 1. The van der Waals surface area contributed by atoms with E-state index < -0.39 is 12.3 Å². The first-order valence-electron chi connectivity index (χ1n) is 8.99. The molecule has 6 rings (SSSR count). The van der Waals surface area contributed by atoms with Gasteiger partial charge in [-0.2, -0.15) is 4.39 Å². The summed E-state index contributed by atoms with van der Waals surface area (Å²) in [6.07, 6.45) is 4.77. The Labute approximate surface area is 151 Å². The molecule has 2 unspecified atom stereocenters. The minimum absolute atomic E-state index is 0.210. The molecule has 4 saturated heterocycles. The minimum atomic E-state index is -0.523. The van der Waals surface area contributed by atoms with E-state index in [4.69, 9.17) is 10.5 Å². The van der Waals surface area contributed by atoms with Gasteiger partial charge in [-0.05, 0) is 44.0 Å². The maximum Gasteiger partial charge on any atom is 0.212 e. The number of aromatic nitrogens is 3. The van der Waals surface area contributed by atoms with Crippen LogP contribution in [0.2, 0.25) is 0 Å². The van der Waals surface area contributed by atoms with E-state index in [-0.39, 0.29) is 5.60 Å². The van der Waals surface area contributed by atoms with Crippen molar-refractivity contribution in [1.29, 1.82) is 0 Å². The zero-order chi connectivity index (χ0) is 17.7. The van der Waals surface area contributed by atoms with Crippen molar-refractivity contribution < 1.29 is 9.13 Å². The Bertz CT molecular complexity index is 810. The smallest absolute Gasteiger partial charge is 0.212 e. The summed E-state index contributed by atoms with van der Waals surface area (Å²) in [5, 5.41) is 0. The van der Waals surface area contributed by atoms with Gasteiger partial charge in [0.1, 0.15) is 17.7 Å². The third-order valence-corrected chi connectivity index (χ3v) is 5.89. The second kappa shape index (κ2) is 5.94. The highest BCUT2D eigenvalue weighted by Gasteiger charge is 2.54. The molecule has 4 aliphatic heterocycles. The summed E-state index contributed by atoms with van der Waals surface area (Å²) in [7, 11) is 0. The van der Waals surface area contributed by atoms with Crippen molar-refractivity contribution in [2.45, 2.75) is 24.8 Å². The summed E-state index contributed by atoms with van der Waals surface area (Å²) < 4.78 is 19.4. The average Bonchev–Trinajstić information content (AvgIpc) is 2.99. The van der Waals surface area contributed by atoms with Crippen LogP contribution in [0, 0.1) is 11.9 Å². The van der Waals surface area contributed by atoms with Crippen LogP contribution >= 0.6 is 0 Å². The summed E-state index contributed by atoms with van der Waals surface area (Å²) in [6, 6.07) is 4.84. The lowest BCUT2D eigenvalue weighted by atomic mass is 9.75. The van der Waals surface area contributed by atoms with Crippen LogP contribution in [0.4, 0.5) is 10.2 Å². The van der Waals surface area contributed by atoms with Crippen molar-refractivity contribution in [2.75, 3.05) is 31.1 Å². The normalized spacial score (nSPS) is 33.2. The van der Waals surface area contributed by atoms with Gasteiger partial charge in [0.25, 0.3) is 0 Å². The number of anilines is 1. The fraction of sp³-hybridized carbons (Fsp3) is 0.500. The molecule has 1 spiro atoms. The zero-order valence-corrected chi connectivity index (χ0v) is 14.4. The Morgan fingerprint density at radius 2 is 2.00 bits per heavy atom. The van der Waals surface area contributed by atoms with E-state index in [1.807, 2.05) is 11.0 Å². The molecule has 2 bridgehead atoms. The summed E-state index contributed by atoms with van der Waals surface area (Å²) in [4.78, 5) is 16.9. The third kappa shape index (κ3) is 2.56. The standard InChI is InChI=1S/C18H21FN6O/c19-15-2-1-12(8-21-15)14-7-16(23-11-22-14)25-10-18(26-17(25)20)9-24-5-3-13(18)4-6-24/h1-2,7-8,11,13,17H,3-6,9-10,20H2. The van der Waals surface area contributed by atoms with Gasteiger partial charge >= 0.3 is 0 Å². The maximum absolute atomic E-state index is 13.1. The number of hydrogen-bond acceptors (Lipinski definition) is 7. The van der Waals surface area contributed by atoms with Crippen molar-refractivity contribution >= 4 is 5.82 Å². The lowest BCUT2D eigenvalue weighted by molar-refractivity contribution is -0.137. The number of nitrogens with zero attached hydrogens (tertiary/aromatic N) is 5. The van der Waals surface area contributed by atoms with Crippen LogP contribution < -0.4 is 10.6 Å². The van der Waals surface area contributed by atoms with Gasteiger partial charge in [0.05, 0.1) is 12.2 Å². The lowest BCUT2D eigenvalue weighted by Crippen LogP contribution is -2.61. The number of halogens is 1. The van der Waals surface area contributed by atoms with Gasteiger partial charge in [-0.1, -0.05) is 0 Å². The van der Waals surface area contributed by atoms with Crippen LogP contribution in [0.3, 0.4) is 0 Å². The largest absolute Gasteiger partial charge is 0.335 e. The van der Waals surface area contributed by atoms with Crippen LogP contribution in [0.25, 0.3) is 11.3 Å². The molecule has 2 aromatic heterocycles. The summed E-state index contributed by atoms with van der Waals surface area (Å²) >= 11 is 0. The predicted octanol–water partition coefficient (Wildman–Crippen LogP) is 1.22. The Morgan fingerprint density at radius 1 is 1.15 bits per heavy atom. The molecular formula is C18H21FN6O. The average molecular weight is 356 g/mol. The van der Waals surface area contributed by atoms with Crippen molar-refractivity contribution in [3.63, 3.8) is 0 Å². The number of fused-ring (bicyclic) bond motifs is 2. The quantitative estimate of drug-likeness (QED) is 0.811. The number of pyridine rings is 1. The van der Waals surface area contributed by atoms with Crippen molar-refractivity contribution in [3.05, 3.63) is 36.7 Å². The van der Waals surface area contributed by atoms with E-state index in [9.17, 15) is 4.39 Å². The molecule has 26 heavy (non-hydrogen) atoms. The van der Waals surface area contributed by atoms with E-state index in [0.29, 0.717) is 11.6 Å². The molecule has 0 amide bonds. The van der Waals surface area contributed by atoms with Crippen LogP contribution in [0.5, 0.6) is 0 Å². The second-order valence-electron chi connectivity index (χ2n) is 7.38. The first-order chi connectivity index (χ1) is 12.6. The Balaban J connectivity index is 1.43. The molecule has 2 N–H and O–H groups in total. The Kier molecular flexibility index (Phi) is 3.66. The van der Waals surface area contributed by atoms with Gasteiger partial charge in [0, 0.05) is 24.4 Å². The highest BCUT2D eigenvalue weighted by atomic mass is 19.1. The Hall–Kier alpha value is -2.16. The number of piperidine rings is 3. The second-order valence-corrected chi connectivity index (χ2v) is 7.38. The van der Waals surface area contributed by atoms with Crippen molar-refractivity contribution in [1.82, 2.24) is 19.9 Å². The third-order valence-electron chi connectivity index (χ3n) is 5.89. The van der Waals surface area contributed by atoms with Gasteiger partial charge in [0.15, 0.2) is 6.35 Å². The molecule has 0 radical (unpaired) electrons. The van der Waals surface area contributed by atoms with E-state index >= 15 is 0 Å². The number of rotatable bonds is 2. The zero-order valence-electron chi connectivity index (χ0n) is 14.4. The number of nitrogens with two attached hydrogens (primary N) is 1. The topological polar surface area (TPSA) is 80.4 Å². The molecule has 136 valence electrons. The van der Waals surface area contributed by atoms with E-state index in [1.165, 1.54) is 18.6 Å². The minimum Gasteiger partial charge on any atom is -0.335 e. The van der Waals surface area contributed by atoms with Gasteiger partial charge in [-0.15, -0.1) is 0 Å². The molecule has 6 heterocycles.